The Kier molecular flexibility index (Phi) is 3.44. The number of halogens is 3. The number of nitrogens with one attached hydrogen (secondary N) is 1. The minimum Gasteiger partial charge on any atom is -0.494 e. The largest absolute Gasteiger partial charge is 0.494 e. The number of benzene rings is 2. The lowest BCUT2D eigenvalue weighted by molar-refractivity contribution is 0.414. The van der Waals surface area contributed by atoms with Crippen molar-refractivity contribution in [1.29, 1.82) is 0 Å². The molecule has 23 heavy (non-hydrogen) atoms. The van der Waals surface area contributed by atoms with Gasteiger partial charge in [-0.2, -0.15) is 0 Å². The zero-order valence-electron chi connectivity index (χ0n) is 11.7. The lowest BCUT2D eigenvalue weighted by Gasteiger charge is -2.13. The number of fused-ring (bicyclic) bond motifs is 1. The number of nitrogens with zero attached hydrogens (tertiary/aromatic N) is 1. The van der Waals surface area contributed by atoms with Crippen LogP contribution in [-0.2, 0) is 0 Å². The molecule has 2 aromatic carbocycles. The van der Waals surface area contributed by atoms with Gasteiger partial charge in [-0.15, -0.1) is 0 Å². The fourth-order valence-corrected chi connectivity index (χ4v) is 2.35. The summed E-state index contributed by atoms with van der Waals surface area (Å²) in [5, 5.41) is -0.204. The topological polar surface area (TPSA) is 64.1 Å². The second kappa shape index (κ2) is 5.31. The van der Waals surface area contributed by atoms with Gasteiger partial charge >= 0.3 is 5.69 Å². The Balaban J connectivity index is 2.55. The van der Waals surface area contributed by atoms with E-state index in [4.69, 9.17) is 4.74 Å². The molecule has 1 heterocycles. The Morgan fingerprint density at radius 2 is 1.78 bits per heavy atom. The molecule has 1 N–H and O–H groups in total. The third kappa shape index (κ3) is 2.37. The van der Waals surface area contributed by atoms with E-state index in [1.165, 1.54) is 7.11 Å². The minimum atomic E-state index is -1.02. The molecule has 5 nitrogen and oxygen atoms in total. The molecule has 0 atom stereocenters. The molecule has 3 aromatic rings. The van der Waals surface area contributed by atoms with Crippen molar-refractivity contribution in [2.24, 2.45) is 0 Å². The summed E-state index contributed by atoms with van der Waals surface area (Å²) in [5.74, 6) is -2.74. The van der Waals surface area contributed by atoms with Crippen LogP contribution >= 0.6 is 0 Å². The molecule has 0 amide bonds. The molecule has 0 bridgehead atoms. The third-order valence-corrected chi connectivity index (χ3v) is 3.30. The fourth-order valence-electron chi connectivity index (χ4n) is 2.35. The first-order valence-electron chi connectivity index (χ1n) is 6.40. The van der Waals surface area contributed by atoms with Crippen molar-refractivity contribution in [3.8, 4) is 11.4 Å². The summed E-state index contributed by atoms with van der Waals surface area (Å²) in [6.07, 6.45) is 0. The van der Waals surface area contributed by atoms with E-state index in [9.17, 15) is 22.8 Å². The highest BCUT2D eigenvalue weighted by Crippen LogP contribution is 2.26. The molecule has 1 aromatic heterocycles. The van der Waals surface area contributed by atoms with Crippen molar-refractivity contribution in [2.45, 2.75) is 0 Å². The summed E-state index contributed by atoms with van der Waals surface area (Å²) >= 11 is 0. The molecule has 0 aliphatic rings. The van der Waals surface area contributed by atoms with Gasteiger partial charge in [0, 0.05) is 12.1 Å². The summed E-state index contributed by atoms with van der Waals surface area (Å²) in [5.41, 5.74) is -2.23. The molecule has 0 saturated heterocycles. The fraction of sp³-hybridized carbons (Fsp3) is 0.0667. The van der Waals surface area contributed by atoms with Gasteiger partial charge in [0.2, 0.25) is 0 Å². The first-order valence-corrected chi connectivity index (χ1v) is 6.40. The smallest absolute Gasteiger partial charge is 0.333 e. The summed E-state index contributed by atoms with van der Waals surface area (Å²) in [6, 6.07) is 4.44. The quantitative estimate of drug-likeness (QED) is 0.786. The lowest BCUT2D eigenvalue weighted by atomic mass is 10.2. The van der Waals surface area contributed by atoms with Crippen LogP contribution in [0.4, 0.5) is 13.2 Å². The van der Waals surface area contributed by atoms with Crippen molar-refractivity contribution in [1.82, 2.24) is 9.55 Å². The Morgan fingerprint density at radius 1 is 1.04 bits per heavy atom. The monoisotopic (exact) mass is 322 g/mol. The van der Waals surface area contributed by atoms with Gasteiger partial charge in [-0.3, -0.25) is 14.3 Å². The Labute approximate surface area is 126 Å². The van der Waals surface area contributed by atoms with Crippen LogP contribution in [-0.4, -0.2) is 16.7 Å². The van der Waals surface area contributed by atoms with Gasteiger partial charge in [0.15, 0.2) is 0 Å². The van der Waals surface area contributed by atoms with Gasteiger partial charge in [0.25, 0.3) is 5.56 Å². The van der Waals surface area contributed by atoms with Crippen LogP contribution < -0.4 is 16.0 Å². The summed E-state index contributed by atoms with van der Waals surface area (Å²) in [7, 11) is 1.21. The van der Waals surface area contributed by atoms with Gasteiger partial charge in [-0.25, -0.2) is 18.0 Å². The molecule has 8 heteroatoms. The van der Waals surface area contributed by atoms with E-state index in [1.54, 1.807) is 0 Å². The van der Waals surface area contributed by atoms with Crippen LogP contribution in [0.3, 0.4) is 0 Å². The number of hydrogen-bond acceptors (Lipinski definition) is 3. The van der Waals surface area contributed by atoms with Crippen molar-refractivity contribution in [3.05, 3.63) is 68.6 Å². The number of H-pyrrole nitrogens is 1. The lowest BCUT2D eigenvalue weighted by Crippen LogP contribution is -2.30. The molecule has 0 saturated carbocycles. The van der Waals surface area contributed by atoms with E-state index >= 15 is 0 Å². The van der Waals surface area contributed by atoms with Gasteiger partial charge in [-0.1, -0.05) is 0 Å². The zero-order chi connectivity index (χ0) is 16.7. The predicted molar refractivity (Wildman–Crippen MR) is 76.6 cm³/mol. The highest BCUT2D eigenvalue weighted by Gasteiger charge is 2.18. The molecule has 118 valence electrons. The second-order valence-corrected chi connectivity index (χ2v) is 4.69. The average molecular weight is 322 g/mol. The maximum absolute atomic E-state index is 14.1. The Bertz CT molecular complexity index is 1040. The molecular weight excluding hydrogens is 313 g/mol. The van der Waals surface area contributed by atoms with Crippen LogP contribution in [0.1, 0.15) is 0 Å². The van der Waals surface area contributed by atoms with E-state index in [1.807, 2.05) is 4.98 Å². The number of ether oxygens (including phenoxy) is 1. The van der Waals surface area contributed by atoms with E-state index in [-0.39, 0.29) is 22.3 Å². The molecule has 0 aliphatic heterocycles. The van der Waals surface area contributed by atoms with Gasteiger partial charge in [-0.05, 0) is 18.2 Å². The van der Waals surface area contributed by atoms with Crippen LogP contribution in [0.15, 0.2) is 39.9 Å². The van der Waals surface area contributed by atoms with Crippen molar-refractivity contribution >= 4 is 10.9 Å². The number of rotatable bonds is 2. The molecular formula is C15H9F3N2O3. The molecule has 3 rings (SSSR count). The maximum Gasteiger partial charge on any atom is 0.333 e. The van der Waals surface area contributed by atoms with Crippen molar-refractivity contribution < 1.29 is 17.9 Å². The number of methoxy groups -OCH3 is 1. The SMILES string of the molecule is COc1cc(F)cc2c(=O)[nH]c(=O)n(-c3ccc(F)cc3F)c12. The number of aromatic amines is 1. The van der Waals surface area contributed by atoms with Crippen LogP contribution in [0, 0.1) is 17.5 Å². The molecule has 0 aliphatic carbocycles. The molecule has 0 fully saturated rings. The maximum atomic E-state index is 14.1. The molecule has 0 unspecified atom stereocenters. The first kappa shape index (κ1) is 14.9. The zero-order valence-corrected chi connectivity index (χ0v) is 11.7. The third-order valence-electron chi connectivity index (χ3n) is 3.30. The summed E-state index contributed by atoms with van der Waals surface area (Å²) in [6.45, 7) is 0. The number of hydrogen-bond donors (Lipinski definition) is 1. The van der Waals surface area contributed by atoms with Crippen molar-refractivity contribution in [2.75, 3.05) is 7.11 Å². The second-order valence-electron chi connectivity index (χ2n) is 4.69. The van der Waals surface area contributed by atoms with Crippen LogP contribution in [0.5, 0.6) is 5.75 Å². The van der Waals surface area contributed by atoms with E-state index in [2.05, 4.69) is 0 Å². The van der Waals surface area contributed by atoms with Gasteiger partial charge < -0.3 is 4.74 Å². The Hall–Kier alpha value is -3.03. The predicted octanol–water partition coefficient (Wildman–Crippen LogP) is 2.10. The van der Waals surface area contributed by atoms with E-state index in [0.717, 1.165) is 28.8 Å². The van der Waals surface area contributed by atoms with Crippen LogP contribution in [0.2, 0.25) is 0 Å². The van der Waals surface area contributed by atoms with E-state index < -0.39 is 28.7 Å². The highest BCUT2D eigenvalue weighted by molar-refractivity contribution is 5.85. The van der Waals surface area contributed by atoms with Crippen LogP contribution in [0.25, 0.3) is 16.6 Å². The number of aromatic nitrogens is 2. The van der Waals surface area contributed by atoms with Gasteiger partial charge in [0.05, 0.1) is 18.2 Å². The molecule has 0 radical (unpaired) electrons. The highest BCUT2D eigenvalue weighted by atomic mass is 19.1. The standard InChI is InChI=1S/C15H9F3N2O3/c1-23-12-6-8(17)4-9-13(12)20(15(22)19-14(9)21)11-3-2-7(16)5-10(11)18/h2-6H,1H3,(H,19,21,22). The summed E-state index contributed by atoms with van der Waals surface area (Å²) < 4.78 is 46.5. The Morgan fingerprint density at radius 3 is 2.43 bits per heavy atom. The van der Waals surface area contributed by atoms with Crippen molar-refractivity contribution in [3.63, 3.8) is 0 Å². The van der Waals surface area contributed by atoms with E-state index in [0.29, 0.717) is 6.07 Å². The molecule has 0 spiro atoms. The normalized spacial score (nSPS) is 11.0. The summed E-state index contributed by atoms with van der Waals surface area (Å²) in [4.78, 5) is 26.0. The first-order chi connectivity index (χ1) is 10.9. The average Bonchev–Trinajstić information content (AvgIpc) is 2.49. The minimum absolute atomic E-state index is 0.117. The van der Waals surface area contributed by atoms with Gasteiger partial charge in [0.1, 0.15) is 28.7 Å².